The van der Waals surface area contributed by atoms with Gasteiger partial charge in [0.05, 0.1) is 10.6 Å². The number of carbonyl (C=O) groups is 1. The molecule has 8 heteroatoms. The fraction of sp³-hybridized carbons (Fsp3) is 0.176. The number of benzene rings is 2. The zero-order valence-electron chi connectivity index (χ0n) is 13.7. The van der Waals surface area contributed by atoms with Crippen molar-refractivity contribution in [3.63, 3.8) is 0 Å². The summed E-state index contributed by atoms with van der Waals surface area (Å²) in [6.07, 6.45) is 0. The molecule has 130 valence electrons. The molecule has 0 spiro atoms. The highest BCUT2D eigenvalue weighted by atomic mass is 79.9. The summed E-state index contributed by atoms with van der Waals surface area (Å²) in [5.74, 6) is -0.470. The summed E-state index contributed by atoms with van der Waals surface area (Å²) in [6, 6.07) is 12.0. The minimum Gasteiger partial charge on any atom is -0.477 e. The van der Waals surface area contributed by atoms with E-state index in [9.17, 15) is 14.9 Å². The van der Waals surface area contributed by atoms with Gasteiger partial charge in [-0.15, -0.1) is 0 Å². The molecule has 25 heavy (non-hydrogen) atoms. The standard InChI is InChI=1S/C17H16BrN3O4/c1-11-6-7-16(15(8-11)21(23)24)25-10-17(22)20-19-12(2)13-4-3-5-14(18)9-13/h3-9H,10H2,1-2H3,(H,20,22). The van der Waals surface area contributed by atoms with E-state index in [0.717, 1.165) is 15.6 Å². The third-order valence-electron chi connectivity index (χ3n) is 3.26. The molecular formula is C17H16BrN3O4. The zero-order chi connectivity index (χ0) is 18.4. The molecule has 0 aliphatic rings. The van der Waals surface area contributed by atoms with E-state index in [1.807, 2.05) is 24.3 Å². The van der Waals surface area contributed by atoms with Crippen LogP contribution >= 0.6 is 15.9 Å². The van der Waals surface area contributed by atoms with Crippen LogP contribution in [0.15, 0.2) is 52.0 Å². The van der Waals surface area contributed by atoms with Crippen LogP contribution in [0.3, 0.4) is 0 Å². The first-order valence-corrected chi connectivity index (χ1v) is 8.13. The smallest absolute Gasteiger partial charge is 0.311 e. The number of amides is 1. The second kappa shape index (κ2) is 8.39. The summed E-state index contributed by atoms with van der Waals surface area (Å²) >= 11 is 3.37. The summed E-state index contributed by atoms with van der Waals surface area (Å²) in [7, 11) is 0. The van der Waals surface area contributed by atoms with Crippen molar-refractivity contribution in [3.05, 3.63) is 68.2 Å². The van der Waals surface area contributed by atoms with Gasteiger partial charge in [-0.3, -0.25) is 14.9 Å². The van der Waals surface area contributed by atoms with Crippen LogP contribution in [0.25, 0.3) is 0 Å². The molecule has 1 N–H and O–H groups in total. The van der Waals surface area contributed by atoms with Crippen LogP contribution in [0.4, 0.5) is 5.69 Å². The van der Waals surface area contributed by atoms with Gasteiger partial charge in [0.2, 0.25) is 0 Å². The van der Waals surface area contributed by atoms with E-state index in [4.69, 9.17) is 4.74 Å². The van der Waals surface area contributed by atoms with Crippen LogP contribution in [0.1, 0.15) is 18.1 Å². The van der Waals surface area contributed by atoms with Gasteiger partial charge in [-0.2, -0.15) is 5.10 Å². The summed E-state index contributed by atoms with van der Waals surface area (Å²) in [4.78, 5) is 22.3. The Kier molecular flexibility index (Phi) is 6.24. The maximum atomic E-state index is 11.8. The van der Waals surface area contributed by atoms with Crippen molar-refractivity contribution in [3.8, 4) is 5.75 Å². The SMILES string of the molecule is CC(=NNC(=O)COc1ccc(C)cc1[N+](=O)[O-])c1cccc(Br)c1. The normalized spacial score (nSPS) is 11.1. The zero-order valence-corrected chi connectivity index (χ0v) is 15.2. The third kappa shape index (κ3) is 5.39. The number of hydrazone groups is 1. The number of nitrogens with one attached hydrogen (secondary N) is 1. The van der Waals surface area contributed by atoms with Crippen LogP contribution in [0, 0.1) is 17.0 Å². The maximum Gasteiger partial charge on any atom is 0.311 e. The minimum absolute atomic E-state index is 0.0402. The molecule has 2 aromatic rings. The van der Waals surface area contributed by atoms with Crippen molar-refractivity contribution < 1.29 is 14.5 Å². The largest absolute Gasteiger partial charge is 0.477 e. The van der Waals surface area contributed by atoms with Gasteiger partial charge in [-0.1, -0.05) is 34.1 Å². The van der Waals surface area contributed by atoms with Crippen LogP contribution in [0.5, 0.6) is 5.75 Å². The van der Waals surface area contributed by atoms with E-state index in [2.05, 4.69) is 26.5 Å². The number of aryl methyl sites for hydroxylation is 1. The van der Waals surface area contributed by atoms with Crippen molar-refractivity contribution in [1.82, 2.24) is 5.43 Å². The molecule has 0 bridgehead atoms. The Morgan fingerprint density at radius 3 is 2.76 bits per heavy atom. The highest BCUT2D eigenvalue weighted by Gasteiger charge is 2.16. The Morgan fingerprint density at radius 1 is 1.32 bits per heavy atom. The van der Waals surface area contributed by atoms with Gasteiger partial charge in [0.15, 0.2) is 12.4 Å². The number of nitro groups is 1. The quantitative estimate of drug-likeness (QED) is 0.451. The maximum absolute atomic E-state index is 11.8. The van der Waals surface area contributed by atoms with Crippen LogP contribution < -0.4 is 10.2 Å². The topological polar surface area (TPSA) is 93.8 Å². The monoisotopic (exact) mass is 405 g/mol. The lowest BCUT2D eigenvalue weighted by atomic mass is 10.1. The molecule has 2 rings (SSSR count). The molecular weight excluding hydrogens is 390 g/mol. The summed E-state index contributed by atoms with van der Waals surface area (Å²) in [6.45, 7) is 3.12. The number of nitrogens with zero attached hydrogens (tertiary/aromatic N) is 2. The van der Waals surface area contributed by atoms with E-state index in [1.54, 1.807) is 19.9 Å². The summed E-state index contributed by atoms with van der Waals surface area (Å²) in [5, 5.41) is 15.0. The van der Waals surface area contributed by atoms with Crippen molar-refractivity contribution in [1.29, 1.82) is 0 Å². The fourth-order valence-electron chi connectivity index (χ4n) is 1.99. The predicted octanol–water partition coefficient (Wildman–Crippen LogP) is 3.58. The number of halogens is 1. The third-order valence-corrected chi connectivity index (χ3v) is 3.75. The van der Waals surface area contributed by atoms with Gasteiger partial charge < -0.3 is 4.74 Å². The first kappa shape index (κ1) is 18.6. The van der Waals surface area contributed by atoms with Gasteiger partial charge in [0, 0.05) is 10.5 Å². The number of nitro benzene ring substituents is 1. The molecule has 0 radical (unpaired) electrons. The van der Waals surface area contributed by atoms with Crippen LogP contribution in [-0.4, -0.2) is 23.1 Å². The van der Waals surface area contributed by atoms with Crippen molar-refractivity contribution in [2.45, 2.75) is 13.8 Å². The highest BCUT2D eigenvalue weighted by molar-refractivity contribution is 9.10. The van der Waals surface area contributed by atoms with E-state index >= 15 is 0 Å². The molecule has 0 saturated carbocycles. The van der Waals surface area contributed by atoms with Crippen molar-refractivity contribution in [2.75, 3.05) is 6.61 Å². The first-order chi connectivity index (χ1) is 11.9. The average molecular weight is 406 g/mol. The van der Waals surface area contributed by atoms with Crippen LogP contribution in [0.2, 0.25) is 0 Å². The predicted molar refractivity (Wildman–Crippen MR) is 97.8 cm³/mol. The molecule has 1 amide bonds. The fourth-order valence-corrected chi connectivity index (χ4v) is 2.39. The molecule has 0 aliphatic heterocycles. The molecule has 0 aromatic heterocycles. The number of rotatable bonds is 6. The summed E-state index contributed by atoms with van der Waals surface area (Å²) < 4.78 is 6.15. The van der Waals surface area contributed by atoms with E-state index in [0.29, 0.717) is 5.71 Å². The number of carbonyl (C=O) groups excluding carboxylic acids is 1. The average Bonchev–Trinajstić information content (AvgIpc) is 2.58. The van der Waals surface area contributed by atoms with E-state index in [-0.39, 0.29) is 18.0 Å². The lowest BCUT2D eigenvalue weighted by molar-refractivity contribution is -0.385. The van der Waals surface area contributed by atoms with Gasteiger partial charge >= 0.3 is 5.69 Å². The Bertz CT molecular complexity index is 836. The van der Waals surface area contributed by atoms with E-state index in [1.165, 1.54) is 12.1 Å². The number of hydrogen-bond acceptors (Lipinski definition) is 5. The summed E-state index contributed by atoms with van der Waals surface area (Å²) in [5.41, 5.74) is 4.40. The van der Waals surface area contributed by atoms with Gasteiger partial charge in [0.1, 0.15) is 0 Å². The number of hydrogen-bond donors (Lipinski definition) is 1. The van der Waals surface area contributed by atoms with E-state index < -0.39 is 10.8 Å². The molecule has 2 aromatic carbocycles. The van der Waals surface area contributed by atoms with Crippen molar-refractivity contribution in [2.24, 2.45) is 5.10 Å². The Morgan fingerprint density at radius 2 is 2.08 bits per heavy atom. The van der Waals surface area contributed by atoms with Gasteiger partial charge in [0.25, 0.3) is 5.91 Å². The first-order valence-electron chi connectivity index (χ1n) is 7.33. The van der Waals surface area contributed by atoms with Crippen LogP contribution in [-0.2, 0) is 4.79 Å². The molecule has 7 nitrogen and oxygen atoms in total. The minimum atomic E-state index is -0.546. The Labute approximate surface area is 153 Å². The van der Waals surface area contributed by atoms with Gasteiger partial charge in [-0.05, 0) is 43.2 Å². The highest BCUT2D eigenvalue weighted by Crippen LogP contribution is 2.27. The Hall–Kier alpha value is -2.74. The second-order valence-electron chi connectivity index (χ2n) is 5.26. The van der Waals surface area contributed by atoms with Gasteiger partial charge in [-0.25, -0.2) is 5.43 Å². The molecule has 0 heterocycles. The molecule has 0 aliphatic carbocycles. The molecule has 0 saturated heterocycles. The second-order valence-corrected chi connectivity index (χ2v) is 6.18. The lowest BCUT2D eigenvalue weighted by Gasteiger charge is -2.07. The molecule has 0 atom stereocenters. The molecule has 0 fully saturated rings. The molecule has 0 unspecified atom stereocenters. The lowest BCUT2D eigenvalue weighted by Crippen LogP contribution is -2.25. The van der Waals surface area contributed by atoms with Crippen molar-refractivity contribution >= 4 is 33.2 Å². The number of ether oxygens (including phenoxy) is 1. The Balaban J connectivity index is 1.97.